The molecule has 0 bridgehead atoms. The number of carbonyl (C=O) groups is 1. The van der Waals surface area contributed by atoms with Gasteiger partial charge in [-0.1, -0.05) is 36.4 Å². The number of rotatable bonds is 3. The number of benzene rings is 2. The third-order valence-electron chi connectivity index (χ3n) is 5.09. The third-order valence-corrected chi connectivity index (χ3v) is 5.09. The number of aromatic nitrogens is 4. The number of allylic oxidation sites excluding steroid dienone is 1. The molecule has 0 radical (unpaired) electrons. The SMILES string of the molecule is Nc1ncnc2c1c(-c1cccc(O)c1)nn2CC1=Cc2ccccc2CC1=O. The zero-order valence-electron chi connectivity index (χ0n) is 15.4. The summed E-state index contributed by atoms with van der Waals surface area (Å²) < 4.78 is 1.67. The van der Waals surface area contributed by atoms with Crippen LogP contribution in [0.3, 0.4) is 0 Å². The van der Waals surface area contributed by atoms with E-state index >= 15 is 0 Å². The van der Waals surface area contributed by atoms with E-state index in [2.05, 4.69) is 15.1 Å². The highest BCUT2D eigenvalue weighted by molar-refractivity contribution is 6.04. The van der Waals surface area contributed by atoms with Crippen molar-refractivity contribution in [2.75, 3.05) is 5.73 Å². The van der Waals surface area contributed by atoms with Gasteiger partial charge in [0.05, 0.1) is 11.9 Å². The number of fused-ring (bicyclic) bond motifs is 2. The van der Waals surface area contributed by atoms with Crippen molar-refractivity contribution in [2.45, 2.75) is 13.0 Å². The second kappa shape index (κ2) is 6.56. The number of ketones is 1. The standard InChI is InChI=1S/C22H17N5O2/c23-21-19-20(15-6-3-7-17(28)9-15)26-27(22(19)25-12-24-21)11-16-8-13-4-1-2-5-14(13)10-18(16)29/h1-9,12,28H,10-11H2,(H2,23,24,25). The lowest BCUT2D eigenvalue weighted by atomic mass is 9.91. The first-order chi connectivity index (χ1) is 14.1. The van der Waals surface area contributed by atoms with Gasteiger partial charge in [0.1, 0.15) is 23.6 Å². The maximum Gasteiger partial charge on any atom is 0.165 e. The highest BCUT2D eigenvalue weighted by Gasteiger charge is 2.22. The topological polar surface area (TPSA) is 107 Å². The molecule has 0 unspecified atom stereocenters. The Morgan fingerprint density at radius 2 is 1.97 bits per heavy atom. The Balaban J connectivity index is 1.64. The van der Waals surface area contributed by atoms with Crippen molar-refractivity contribution in [3.63, 3.8) is 0 Å². The highest BCUT2D eigenvalue weighted by atomic mass is 16.3. The van der Waals surface area contributed by atoms with Crippen LogP contribution in [0.1, 0.15) is 11.1 Å². The number of carbonyl (C=O) groups excluding carboxylic acids is 1. The number of anilines is 1. The Kier molecular flexibility index (Phi) is 3.87. The Hall–Kier alpha value is -4.00. The number of nitrogens with zero attached hydrogens (tertiary/aromatic N) is 4. The highest BCUT2D eigenvalue weighted by Crippen LogP contribution is 2.32. The fraction of sp³-hybridized carbons (Fsp3) is 0.0909. The van der Waals surface area contributed by atoms with Crippen LogP contribution in [0.25, 0.3) is 28.4 Å². The van der Waals surface area contributed by atoms with Crippen LogP contribution in [0.4, 0.5) is 5.82 Å². The molecule has 3 N–H and O–H groups in total. The molecule has 2 heterocycles. The lowest BCUT2D eigenvalue weighted by molar-refractivity contribution is -0.115. The summed E-state index contributed by atoms with van der Waals surface area (Å²) in [4.78, 5) is 21.1. The molecule has 0 amide bonds. The minimum absolute atomic E-state index is 0.0632. The van der Waals surface area contributed by atoms with Crippen molar-refractivity contribution in [1.82, 2.24) is 19.7 Å². The normalized spacial score (nSPS) is 13.4. The molecule has 0 atom stereocenters. The molecule has 4 aromatic rings. The molecule has 0 spiro atoms. The molecule has 2 aromatic carbocycles. The van der Waals surface area contributed by atoms with E-state index in [9.17, 15) is 9.90 Å². The van der Waals surface area contributed by atoms with Crippen LogP contribution < -0.4 is 5.73 Å². The number of nitrogens with two attached hydrogens (primary N) is 1. The Labute approximate surface area is 166 Å². The maximum atomic E-state index is 12.7. The first-order valence-electron chi connectivity index (χ1n) is 9.18. The summed E-state index contributed by atoms with van der Waals surface area (Å²) in [5, 5.41) is 15.1. The van der Waals surface area contributed by atoms with Gasteiger partial charge in [0.25, 0.3) is 0 Å². The van der Waals surface area contributed by atoms with E-state index in [0.29, 0.717) is 40.1 Å². The molecule has 1 aliphatic carbocycles. The molecule has 0 aliphatic heterocycles. The van der Waals surface area contributed by atoms with E-state index < -0.39 is 0 Å². The summed E-state index contributed by atoms with van der Waals surface area (Å²) >= 11 is 0. The van der Waals surface area contributed by atoms with Gasteiger partial charge < -0.3 is 10.8 Å². The number of aromatic hydroxyl groups is 1. The van der Waals surface area contributed by atoms with Gasteiger partial charge in [-0.05, 0) is 29.3 Å². The van der Waals surface area contributed by atoms with Gasteiger partial charge in [0.15, 0.2) is 11.4 Å². The van der Waals surface area contributed by atoms with Crippen molar-refractivity contribution in [2.24, 2.45) is 0 Å². The van der Waals surface area contributed by atoms with E-state index in [-0.39, 0.29) is 18.1 Å². The van der Waals surface area contributed by atoms with Crippen LogP contribution in [0.5, 0.6) is 5.75 Å². The second-order valence-corrected chi connectivity index (χ2v) is 6.98. The van der Waals surface area contributed by atoms with Crippen LogP contribution >= 0.6 is 0 Å². The van der Waals surface area contributed by atoms with Gasteiger partial charge in [-0.3, -0.25) is 4.79 Å². The molecule has 7 nitrogen and oxygen atoms in total. The van der Waals surface area contributed by atoms with Gasteiger partial charge in [-0.15, -0.1) is 0 Å². The Morgan fingerprint density at radius 1 is 1.10 bits per heavy atom. The molecule has 142 valence electrons. The lowest BCUT2D eigenvalue weighted by Crippen LogP contribution is -2.17. The summed E-state index contributed by atoms with van der Waals surface area (Å²) in [6.07, 6.45) is 3.67. The molecular weight excluding hydrogens is 366 g/mol. The summed E-state index contributed by atoms with van der Waals surface area (Å²) in [7, 11) is 0. The molecule has 0 saturated heterocycles. The average Bonchev–Trinajstić information content (AvgIpc) is 3.08. The fourth-order valence-corrected chi connectivity index (χ4v) is 3.68. The first-order valence-corrected chi connectivity index (χ1v) is 9.18. The average molecular weight is 383 g/mol. The van der Waals surface area contributed by atoms with Gasteiger partial charge in [0, 0.05) is 17.6 Å². The van der Waals surface area contributed by atoms with Gasteiger partial charge >= 0.3 is 0 Å². The van der Waals surface area contributed by atoms with E-state index in [1.54, 1.807) is 22.9 Å². The predicted octanol–water partition coefficient (Wildman–Crippen LogP) is 2.99. The van der Waals surface area contributed by atoms with E-state index in [1.165, 1.54) is 6.33 Å². The van der Waals surface area contributed by atoms with Crippen molar-refractivity contribution in [3.8, 4) is 17.0 Å². The lowest BCUT2D eigenvalue weighted by Gasteiger charge is -2.15. The van der Waals surface area contributed by atoms with E-state index in [0.717, 1.165) is 11.1 Å². The zero-order valence-corrected chi connectivity index (χ0v) is 15.4. The second-order valence-electron chi connectivity index (χ2n) is 6.98. The van der Waals surface area contributed by atoms with Crippen molar-refractivity contribution < 1.29 is 9.90 Å². The molecule has 7 heteroatoms. The quantitative estimate of drug-likeness (QED) is 0.563. The maximum absolute atomic E-state index is 12.7. The number of phenols is 1. The number of phenolic OH excluding ortho intramolecular Hbond substituents is 1. The van der Waals surface area contributed by atoms with Crippen LogP contribution in [0.2, 0.25) is 0 Å². The number of Topliss-reactive ketones (excluding diaryl/α,β-unsaturated/α-hetero) is 1. The van der Waals surface area contributed by atoms with Gasteiger partial charge in [0.2, 0.25) is 0 Å². The number of hydrogen-bond acceptors (Lipinski definition) is 6. The van der Waals surface area contributed by atoms with Crippen molar-refractivity contribution >= 4 is 28.7 Å². The smallest absolute Gasteiger partial charge is 0.165 e. The monoisotopic (exact) mass is 383 g/mol. The number of nitrogen functional groups attached to an aromatic ring is 1. The Morgan fingerprint density at radius 3 is 2.83 bits per heavy atom. The minimum Gasteiger partial charge on any atom is -0.508 e. The van der Waals surface area contributed by atoms with Crippen LogP contribution in [0, 0.1) is 0 Å². The molecule has 1 aliphatic rings. The molecule has 0 saturated carbocycles. The zero-order chi connectivity index (χ0) is 20.0. The number of hydrogen-bond donors (Lipinski definition) is 2. The molecule has 0 fully saturated rings. The summed E-state index contributed by atoms with van der Waals surface area (Å²) in [6.45, 7) is 0.277. The molecular formula is C22H17N5O2. The van der Waals surface area contributed by atoms with Gasteiger partial charge in [-0.25, -0.2) is 14.6 Å². The van der Waals surface area contributed by atoms with Crippen LogP contribution in [-0.4, -0.2) is 30.6 Å². The fourth-order valence-electron chi connectivity index (χ4n) is 3.68. The largest absolute Gasteiger partial charge is 0.508 e. The van der Waals surface area contributed by atoms with Crippen LogP contribution in [-0.2, 0) is 17.8 Å². The van der Waals surface area contributed by atoms with Crippen molar-refractivity contribution in [1.29, 1.82) is 0 Å². The summed E-state index contributed by atoms with van der Waals surface area (Å²) in [6, 6.07) is 14.6. The van der Waals surface area contributed by atoms with E-state index in [1.807, 2.05) is 36.4 Å². The van der Waals surface area contributed by atoms with Gasteiger partial charge in [-0.2, -0.15) is 5.10 Å². The summed E-state index contributed by atoms with van der Waals surface area (Å²) in [5.41, 5.74) is 10.7. The molecule has 5 rings (SSSR count). The third kappa shape index (κ3) is 2.93. The van der Waals surface area contributed by atoms with Crippen molar-refractivity contribution in [3.05, 3.63) is 71.6 Å². The first kappa shape index (κ1) is 17.1. The minimum atomic E-state index is 0.0632. The predicted molar refractivity (Wildman–Crippen MR) is 110 cm³/mol. The molecule has 29 heavy (non-hydrogen) atoms. The molecule has 2 aromatic heterocycles. The van der Waals surface area contributed by atoms with E-state index in [4.69, 9.17) is 5.73 Å². The summed E-state index contributed by atoms with van der Waals surface area (Å²) in [5.74, 6) is 0.490. The van der Waals surface area contributed by atoms with Crippen LogP contribution in [0.15, 0.2) is 60.4 Å². The Bertz CT molecular complexity index is 1310.